The highest BCUT2D eigenvalue weighted by Crippen LogP contribution is 2.46. The SMILES string of the molecule is CCCOC1CC2(C1)CN(C)C(=O)c1c(O)c(=O)c(C(O)NCc3cccc(Cl)c3F)cn12. The number of likely N-dealkylation sites (N-methyl/N-ethyl adjacent to an activating group) is 1. The molecule has 8 nitrogen and oxygen atoms in total. The monoisotopic (exact) mass is 479 g/mol. The molecule has 3 N–H and O–H groups in total. The van der Waals surface area contributed by atoms with Crippen molar-refractivity contribution in [3.8, 4) is 5.75 Å². The molecule has 1 amide bonds. The summed E-state index contributed by atoms with van der Waals surface area (Å²) in [6, 6.07) is 4.49. The van der Waals surface area contributed by atoms with Crippen molar-refractivity contribution in [3.05, 3.63) is 62.3 Å². The van der Waals surface area contributed by atoms with Crippen molar-refractivity contribution < 1.29 is 24.1 Å². The first-order chi connectivity index (χ1) is 15.7. The van der Waals surface area contributed by atoms with E-state index < -0.39 is 34.7 Å². The minimum absolute atomic E-state index is 0.0123. The summed E-state index contributed by atoms with van der Waals surface area (Å²) in [7, 11) is 1.63. The number of aromatic nitrogens is 1. The molecule has 1 spiro atoms. The van der Waals surface area contributed by atoms with Crippen molar-refractivity contribution in [3.63, 3.8) is 0 Å². The first kappa shape index (κ1) is 23.7. The number of amides is 1. The highest BCUT2D eigenvalue weighted by atomic mass is 35.5. The molecule has 2 aliphatic rings. The van der Waals surface area contributed by atoms with Crippen LogP contribution in [0.5, 0.6) is 5.75 Å². The van der Waals surface area contributed by atoms with Gasteiger partial charge < -0.3 is 24.4 Å². The fraction of sp³-hybridized carbons (Fsp3) is 0.478. The highest BCUT2D eigenvalue weighted by molar-refractivity contribution is 6.30. The number of carbonyl (C=O) groups is 1. The number of nitrogens with zero attached hydrogens (tertiary/aromatic N) is 2. The van der Waals surface area contributed by atoms with Crippen LogP contribution in [0, 0.1) is 5.82 Å². The average Bonchev–Trinajstić information content (AvgIpc) is 2.76. The van der Waals surface area contributed by atoms with Crippen LogP contribution in [0.3, 0.4) is 0 Å². The summed E-state index contributed by atoms with van der Waals surface area (Å²) in [5, 5.41) is 24.0. The second-order valence-electron chi connectivity index (χ2n) is 8.76. The predicted octanol–water partition coefficient (Wildman–Crippen LogP) is 2.50. The lowest BCUT2D eigenvalue weighted by Gasteiger charge is -2.53. The Bertz CT molecular complexity index is 1130. The van der Waals surface area contributed by atoms with Crippen LogP contribution in [0.4, 0.5) is 4.39 Å². The minimum atomic E-state index is -1.50. The number of ether oxygens (including phenoxy) is 1. The van der Waals surface area contributed by atoms with Crippen molar-refractivity contribution in [1.82, 2.24) is 14.8 Å². The van der Waals surface area contributed by atoms with Crippen LogP contribution in [0.2, 0.25) is 5.02 Å². The topological polar surface area (TPSA) is 104 Å². The first-order valence-electron chi connectivity index (χ1n) is 10.9. The zero-order chi connectivity index (χ0) is 23.9. The summed E-state index contributed by atoms with van der Waals surface area (Å²) >= 11 is 5.80. The van der Waals surface area contributed by atoms with Gasteiger partial charge in [-0.3, -0.25) is 14.9 Å². The Morgan fingerprint density at radius 2 is 2.09 bits per heavy atom. The van der Waals surface area contributed by atoms with Crippen molar-refractivity contribution in [2.45, 2.75) is 50.6 Å². The molecule has 1 fully saturated rings. The van der Waals surface area contributed by atoms with Crippen molar-refractivity contribution in [2.24, 2.45) is 0 Å². The van der Waals surface area contributed by atoms with Crippen LogP contribution in [0.1, 0.15) is 54.0 Å². The van der Waals surface area contributed by atoms with E-state index in [9.17, 15) is 24.2 Å². The maximum absolute atomic E-state index is 14.2. The number of benzene rings is 1. The van der Waals surface area contributed by atoms with Crippen LogP contribution >= 0.6 is 11.6 Å². The Morgan fingerprint density at radius 3 is 2.79 bits per heavy atom. The first-order valence-corrected chi connectivity index (χ1v) is 11.3. The lowest BCUT2D eigenvalue weighted by atomic mass is 9.72. The summed E-state index contributed by atoms with van der Waals surface area (Å²) in [5.74, 6) is -1.80. The molecule has 1 unspecified atom stereocenters. The molecule has 1 saturated carbocycles. The number of hydrogen-bond acceptors (Lipinski definition) is 6. The van der Waals surface area contributed by atoms with E-state index in [4.69, 9.17) is 16.3 Å². The Balaban J connectivity index is 1.65. The van der Waals surface area contributed by atoms with E-state index in [-0.39, 0.29) is 34.5 Å². The predicted molar refractivity (Wildman–Crippen MR) is 120 cm³/mol. The molecule has 1 aliphatic carbocycles. The maximum Gasteiger partial charge on any atom is 0.274 e. The van der Waals surface area contributed by atoms with Crippen LogP contribution in [0.25, 0.3) is 0 Å². The van der Waals surface area contributed by atoms with Gasteiger partial charge in [0.25, 0.3) is 5.91 Å². The Morgan fingerprint density at radius 1 is 1.36 bits per heavy atom. The van der Waals surface area contributed by atoms with Gasteiger partial charge in [0.1, 0.15) is 12.0 Å². The summed E-state index contributed by atoms with van der Waals surface area (Å²) in [6.07, 6.45) is 2.04. The molecule has 4 rings (SSSR count). The molecule has 33 heavy (non-hydrogen) atoms. The van der Waals surface area contributed by atoms with Crippen LogP contribution in [-0.2, 0) is 16.8 Å². The van der Waals surface area contributed by atoms with Crippen molar-refractivity contribution in [1.29, 1.82) is 0 Å². The number of aliphatic hydroxyl groups excluding tert-OH is 1. The fourth-order valence-electron chi connectivity index (χ4n) is 4.68. The number of halogens is 2. The normalized spacial score (nSPS) is 22.9. The zero-order valence-electron chi connectivity index (χ0n) is 18.5. The second kappa shape index (κ2) is 9.06. The molecule has 1 aromatic carbocycles. The molecule has 1 aromatic heterocycles. The lowest BCUT2D eigenvalue weighted by Crippen LogP contribution is -2.61. The zero-order valence-corrected chi connectivity index (χ0v) is 19.2. The van der Waals surface area contributed by atoms with E-state index in [1.54, 1.807) is 17.7 Å². The second-order valence-corrected chi connectivity index (χ2v) is 9.17. The van der Waals surface area contributed by atoms with Gasteiger partial charge in [-0.1, -0.05) is 30.7 Å². The van der Waals surface area contributed by atoms with E-state index in [1.165, 1.54) is 23.2 Å². The van der Waals surface area contributed by atoms with Gasteiger partial charge in [-0.05, 0) is 25.3 Å². The summed E-state index contributed by atoms with van der Waals surface area (Å²) in [4.78, 5) is 27.1. The van der Waals surface area contributed by atoms with Crippen LogP contribution < -0.4 is 10.7 Å². The van der Waals surface area contributed by atoms with Gasteiger partial charge in [-0.15, -0.1) is 0 Å². The number of aliphatic hydroxyl groups is 1. The summed E-state index contributed by atoms with van der Waals surface area (Å²) in [5.41, 5.74) is -1.42. The maximum atomic E-state index is 14.2. The number of carbonyl (C=O) groups excluding carboxylic acids is 1. The number of nitrogens with one attached hydrogen (secondary N) is 1. The average molecular weight is 480 g/mol. The smallest absolute Gasteiger partial charge is 0.274 e. The third-order valence-electron chi connectivity index (χ3n) is 6.39. The van der Waals surface area contributed by atoms with E-state index in [0.717, 1.165) is 6.42 Å². The number of pyridine rings is 1. The standard InChI is InChI=1S/C23H27ClFN3O5/c1-3-7-33-14-8-23(9-14)12-27(2)22(32)18-20(30)19(29)15(11-28(18)23)21(31)26-10-13-5-4-6-16(24)17(13)25/h4-6,11,14,21,26,30-31H,3,7-10,12H2,1-2H3. The summed E-state index contributed by atoms with van der Waals surface area (Å²) in [6.45, 7) is 2.94. The fourth-order valence-corrected chi connectivity index (χ4v) is 4.88. The van der Waals surface area contributed by atoms with Crippen molar-refractivity contribution in [2.75, 3.05) is 20.2 Å². The van der Waals surface area contributed by atoms with Gasteiger partial charge >= 0.3 is 0 Å². The van der Waals surface area contributed by atoms with Crippen LogP contribution in [0.15, 0.2) is 29.2 Å². The molecule has 2 heterocycles. The van der Waals surface area contributed by atoms with Gasteiger partial charge in [0.2, 0.25) is 5.43 Å². The van der Waals surface area contributed by atoms with Gasteiger partial charge in [-0.2, -0.15) is 0 Å². The Labute approximate surface area is 195 Å². The third kappa shape index (κ3) is 4.14. The summed E-state index contributed by atoms with van der Waals surface area (Å²) < 4.78 is 21.6. The third-order valence-corrected chi connectivity index (χ3v) is 6.68. The lowest BCUT2D eigenvalue weighted by molar-refractivity contribution is -0.0861. The van der Waals surface area contributed by atoms with Gasteiger partial charge in [0.15, 0.2) is 11.4 Å². The van der Waals surface area contributed by atoms with Gasteiger partial charge in [0.05, 0.1) is 22.2 Å². The number of fused-ring (bicyclic) bond motifs is 2. The Hall–Kier alpha value is -2.46. The largest absolute Gasteiger partial charge is 0.503 e. The van der Waals surface area contributed by atoms with Gasteiger partial charge in [0, 0.05) is 38.5 Å². The molecule has 0 saturated heterocycles. The van der Waals surface area contributed by atoms with Crippen molar-refractivity contribution >= 4 is 17.5 Å². The molecule has 2 aromatic rings. The molecule has 0 bridgehead atoms. The molecular weight excluding hydrogens is 453 g/mol. The highest BCUT2D eigenvalue weighted by Gasteiger charge is 2.52. The van der Waals surface area contributed by atoms with Crippen LogP contribution in [-0.4, -0.2) is 51.9 Å². The molecule has 1 aliphatic heterocycles. The molecule has 0 radical (unpaired) electrons. The quantitative estimate of drug-likeness (QED) is 0.527. The number of hydrogen-bond donors (Lipinski definition) is 3. The Kier molecular flexibility index (Phi) is 6.50. The van der Waals surface area contributed by atoms with E-state index in [1.807, 2.05) is 6.92 Å². The van der Waals surface area contributed by atoms with E-state index in [0.29, 0.717) is 26.0 Å². The molecule has 10 heteroatoms. The number of rotatable bonds is 7. The van der Waals surface area contributed by atoms with E-state index in [2.05, 4.69) is 5.32 Å². The minimum Gasteiger partial charge on any atom is -0.503 e. The molecule has 178 valence electrons. The number of aromatic hydroxyl groups is 1. The van der Waals surface area contributed by atoms with E-state index >= 15 is 0 Å². The van der Waals surface area contributed by atoms with Gasteiger partial charge in [-0.25, -0.2) is 4.39 Å². The molecule has 1 atom stereocenters. The molecular formula is C23H27ClFN3O5.